The van der Waals surface area contributed by atoms with Crippen molar-refractivity contribution in [1.82, 2.24) is 15.3 Å². The van der Waals surface area contributed by atoms with E-state index in [4.69, 9.17) is 4.74 Å². The van der Waals surface area contributed by atoms with Crippen LogP contribution in [0.3, 0.4) is 0 Å². The van der Waals surface area contributed by atoms with Gasteiger partial charge < -0.3 is 15.0 Å². The number of hydrogen-bond acceptors (Lipinski definition) is 5. The third-order valence-corrected chi connectivity index (χ3v) is 3.88. The van der Waals surface area contributed by atoms with E-state index in [9.17, 15) is 4.79 Å². The molecule has 0 aliphatic carbocycles. The number of ether oxygens (including phenoxy) is 1. The lowest BCUT2D eigenvalue weighted by molar-refractivity contribution is 0.414. The van der Waals surface area contributed by atoms with Crippen molar-refractivity contribution in [2.45, 2.75) is 11.2 Å². The van der Waals surface area contributed by atoms with E-state index in [1.54, 1.807) is 7.11 Å². The number of thioether (sulfide) groups is 1. The van der Waals surface area contributed by atoms with Gasteiger partial charge >= 0.3 is 0 Å². The minimum Gasteiger partial charge on any atom is -0.497 e. The third kappa shape index (κ3) is 3.85. The average molecular weight is 291 g/mol. The van der Waals surface area contributed by atoms with Crippen LogP contribution in [0.25, 0.3) is 0 Å². The Hall–Kier alpha value is -1.79. The summed E-state index contributed by atoms with van der Waals surface area (Å²) in [5.74, 6) is 1.61. The van der Waals surface area contributed by atoms with Crippen LogP contribution < -0.4 is 15.6 Å². The zero-order valence-electron chi connectivity index (χ0n) is 11.4. The Morgan fingerprint density at radius 2 is 2.10 bits per heavy atom. The summed E-state index contributed by atoms with van der Waals surface area (Å²) in [6.45, 7) is 0. The molecule has 5 nitrogen and oxygen atoms in total. The van der Waals surface area contributed by atoms with E-state index in [1.807, 2.05) is 31.3 Å². The predicted molar refractivity (Wildman–Crippen MR) is 80.4 cm³/mol. The molecule has 1 unspecified atom stereocenters. The van der Waals surface area contributed by atoms with E-state index in [-0.39, 0.29) is 11.6 Å². The number of hydrogen-bond donors (Lipinski definition) is 2. The summed E-state index contributed by atoms with van der Waals surface area (Å²) < 4.78 is 5.15. The average Bonchev–Trinajstić information content (AvgIpc) is 2.48. The molecule has 1 aromatic carbocycles. The molecule has 0 spiro atoms. The van der Waals surface area contributed by atoms with Gasteiger partial charge in [-0.05, 0) is 24.7 Å². The summed E-state index contributed by atoms with van der Waals surface area (Å²) in [6, 6.07) is 9.52. The van der Waals surface area contributed by atoms with E-state index < -0.39 is 0 Å². The fourth-order valence-corrected chi connectivity index (χ4v) is 2.76. The summed E-state index contributed by atoms with van der Waals surface area (Å²) in [6.07, 6.45) is 1.52. The van der Waals surface area contributed by atoms with Gasteiger partial charge in [-0.25, -0.2) is 4.98 Å². The molecule has 0 bridgehead atoms. The predicted octanol–water partition coefficient (Wildman–Crippen LogP) is 1.83. The van der Waals surface area contributed by atoms with Crippen LogP contribution in [-0.2, 0) is 0 Å². The van der Waals surface area contributed by atoms with E-state index >= 15 is 0 Å². The molecule has 2 rings (SSSR count). The highest BCUT2D eigenvalue weighted by molar-refractivity contribution is 7.99. The Labute approximate surface area is 121 Å². The highest BCUT2D eigenvalue weighted by atomic mass is 32.2. The Morgan fingerprint density at radius 3 is 2.70 bits per heavy atom. The maximum Gasteiger partial charge on any atom is 0.251 e. The number of rotatable bonds is 6. The summed E-state index contributed by atoms with van der Waals surface area (Å²) in [7, 11) is 3.56. The second kappa shape index (κ2) is 7.12. The van der Waals surface area contributed by atoms with Crippen molar-refractivity contribution in [3.05, 3.63) is 52.4 Å². The molecule has 0 radical (unpaired) electrons. The second-order valence-corrected chi connectivity index (χ2v) is 5.17. The van der Waals surface area contributed by atoms with Crippen molar-refractivity contribution < 1.29 is 4.74 Å². The molecule has 0 amide bonds. The number of nitrogens with zero attached hydrogens (tertiary/aromatic N) is 1. The fourth-order valence-electron chi connectivity index (χ4n) is 1.77. The Morgan fingerprint density at radius 1 is 1.35 bits per heavy atom. The molecule has 0 saturated heterocycles. The van der Waals surface area contributed by atoms with E-state index in [2.05, 4.69) is 15.3 Å². The third-order valence-electron chi connectivity index (χ3n) is 2.90. The second-order valence-electron chi connectivity index (χ2n) is 4.16. The van der Waals surface area contributed by atoms with Crippen LogP contribution in [-0.4, -0.2) is 29.9 Å². The SMILES string of the molecule is CNC(CSc1nccc(=O)[nH]1)c1ccc(OC)cc1. The smallest absolute Gasteiger partial charge is 0.251 e. The zero-order valence-corrected chi connectivity index (χ0v) is 12.2. The van der Waals surface area contributed by atoms with E-state index in [0.717, 1.165) is 11.5 Å². The standard InChI is InChI=1S/C14H17N3O2S/c1-15-12(10-3-5-11(19-2)6-4-10)9-20-14-16-8-7-13(18)17-14/h3-8,12,15H,9H2,1-2H3,(H,16,17,18). The van der Waals surface area contributed by atoms with Gasteiger partial charge in [0.2, 0.25) is 0 Å². The van der Waals surface area contributed by atoms with E-state index in [0.29, 0.717) is 5.16 Å². The van der Waals surface area contributed by atoms with Gasteiger partial charge in [-0.15, -0.1) is 0 Å². The zero-order chi connectivity index (χ0) is 14.4. The van der Waals surface area contributed by atoms with Crippen LogP contribution in [0.1, 0.15) is 11.6 Å². The van der Waals surface area contributed by atoms with Crippen molar-refractivity contribution in [3.63, 3.8) is 0 Å². The minimum atomic E-state index is -0.132. The van der Waals surface area contributed by atoms with Gasteiger partial charge in [-0.3, -0.25) is 4.79 Å². The van der Waals surface area contributed by atoms with Gasteiger partial charge in [0.05, 0.1) is 7.11 Å². The molecule has 6 heteroatoms. The van der Waals surface area contributed by atoms with Crippen LogP contribution in [0.5, 0.6) is 5.75 Å². The molecule has 0 saturated carbocycles. The number of aromatic amines is 1. The molecule has 1 heterocycles. The van der Waals surface area contributed by atoms with Gasteiger partial charge in [-0.2, -0.15) is 0 Å². The van der Waals surface area contributed by atoms with Gasteiger partial charge in [0.25, 0.3) is 5.56 Å². The van der Waals surface area contributed by atoms with Crippen molar-refractivity contribution in [2.75, 3.05) is 19.9 Å². The topological polar surface area (TPSA) is 67.0 Å². The lowest BCUT2D eigenvalue weighted by atomic mass is 10.1. The summed E-state index contributed by atoms with van der Waals surface area (Å²) in [5, 5.41) is 3.89. The van der Waals surface area contributed by atoms with Crippen LogP contribution >= 0.6 is 11.8 Å². The van der Waals surface area contributed by atoms with Crippen LogP contribution in [0, 0.1) is 0 Å². The van der Waals surface area contributed by atoms with Gasteiger partial charge in [-0.1, -0.05) is 23.9 Å². The van der Waals surface area contributed by atoms with E-state index in [1.165, 1.54) is 29.6 Å². The number of benzene rings is 1. The normalized spacial score (nSPS) is 12.1. The first-order valence-electron chi connectivity index (χ1n) is 6.22. The number of H-pyrrole nitrogens is 1. The van der Waals surface area contributed by atoms with Crippen molar-refractivity contribution in [2.24, 2.45) is 0 Å². The number of aromatic nitrogens is 2. The monoisotopic (exact) mass is 291 g/mol. The maximum atomic E-state index is 11.2. The largest absolute Gasteiger partial charge is 0.497 e. The summed E-state index contributed by atoms with van der Waals surface area (Å²) in [4.78, 5) is 18.0. The van der Waals surface area contributed by atoms with Gasteiger partial charge in [0, 0.05) is 24.1 Å². The molecule has 2 aromatic rings. The Bertz CT molecular complexity index is 598. The fraction of sp³-hybridized carbons (Fsp3) is 0.286. The minimum absolute atomic E-state index is 0.132. The Balaban J connectivity index is 2.03. The lowest BCUT2D eigenvalue weighted by Crippen LogP contribution is -2.19. The molecule has 1 atom stereocenters. The lowest BCUT2D eigenvalue weighted by Gasteiger charge is -2.16. The number of methoxy groups -OCH3 is 1. The molecule has 20 heavy (non-hydrogen) atoms. The molecule has 0 fully saturated rings. The highest BCUT2D eigenvalue weighted by Gasteiger charge is 2.10. The van der Waals surface area contributed by atoms with Crippen LogP contribution in [0.2, 0.25) is 0 Å². The van der Waals surface area contributed by atoms with Crippen LogP contribution in [0.15, 0.2) is 46.5 Å². The Kier molecular flexibility index (Phi) is 5.20. The quantitative estimate of drug-likeness (QED) is 0.628. The maximum absolute atomic E-state index is 11.2. The highest BCUT2D eigenvalue weighted by Crippen LogP contribution is 2.23. The summed E-state index contributed by atoms with van der Waals surface area (Å²) in [5.41, 5.74) is 1.03. The first-order chi connectivity index (χ1) is 9.72. The van der Waals surface area contributed by atoms with Crippen LogP contribution in [0.4, 0.5) is 0 Å². The first-order valence-corrected chi connectivity index (χ1v) is 7.21. The molecule has 0 aliphatic heterocycles. The number of nitrogens with one attached hydrogen (secondary N) is 2. The molecule has 0 aliphatic rings. The molecular formula is C14H17N3O2S. The summed E-state index contributed by atoms with van der Waals surface area (Å²) >= 11 is 1.51. The van der Waals surface area contributed by atoms with Gasteiger partial charge in [0.1, 0.15) is 5.75 Å². The first kappa shape index (κ1) is 14.6. The van der Waals surface area contributed by atoms with Crippen molar-refractivity contribution >= 4 is 11.8 Å². The molecule has 106 valence electrons. The molecular weight excluding hydrogens is 274 g/mol. The van der Waals surface area contributed by atoms with Gasteiger partial charge in [0.15, 0.2) is 5.16 Å². The van der Waals surface area contributed by atoms with Crippen molar-refractivity contribution in [1.29, 1.82) is 0 Å². The molecule has 2 N–H and O–H groups in total. The van der Waals surface area contributed by atoms with Crippen molar-refractivity contribution in [3.8, 4) is 5.75 Å². The molecule has 1 aromatic heterocycles.